The normalized spacial score (nSPS) is 17.1. The number of urea groups is 1. The van der Waals surface area contributed by atoms with E-state index in [0.29, 0.717) is 25.9 Å². The van der Waals surface area contributed by atoms with Crippen LogP contribution >= 0.6 is 0 Å². The van der Waals surface area contributed by atoms with Gasteiger partial charge in [0.1, 0.15) is 11.5 Å². The molecule has 0 unspecified atom stereocenters. The van der Waals surface area contributed by atoms with Crippen LogP contribution < -0.4 is 10.1 Å². The number of benzene rings is 2. The van der Waals surface area contributed by atoms with Crippen LogP contribution in [0.3, 0.4) is 0 Å². The van der Waals surface area contributed by atoms with Crippen molar-refractivity contribution in [1.82, 2.24) is 9.80 Å². The molecule has 30 heavy (non-hydrogen) atoms. The number of nitrogens with zero attached hydrogens (tertiary/aromatic N) is 2. The molecule has 0 aliphatic carbocycles. The van der Waals surface area contributed by atoms with Crippen molar-refractivity contribution in [2.75, 3.05) is 31.5 Å². The van der Waals surface area contributed by atoms with Crippen LogP contribution in [0.1, 0.15) is 31.2 Å². The number of hydrogen-bond acceptors (Lipinski definition) is 3. The number of rotatable bonds is 4. The average molecular weight is 408 g/mol. The summed E-state index contributed by atoms with van der Waals surface area (Å²) in [5.74, 6) is 1.49. The first-order chi connectivity index (χ1) is 14.6. The van der Waals surface area contributed by atoms with Gasteiger partial charge in [0.05, 0.1) is 0 Å². The van der Waals surface area contributed by atoms with Crippen LogP contribution in [-0.2, 0) is 4.79 Å². The van der Waals surface area contributed by atoms with Crippen LogP contribution in [0.15, 0.2) is 48.5 Å². The van der Waals surface area contributed by atoms with E-state index in [1.54, 1.807) is 0 Å². The molecular weight excluding hydrogens is 378 g/mol. The highest BCUT2D eigenvalue weighted by molar-refractivity contribution is 5.92. The predicted molar refractivity (Wildman–Crippen MR) is 117 cm³/mol. The Bertz CT molecular complexity index is 883. The maximum atomic E-state index is 12.7. The Labute approximate surface area is 177 Å². The molecule has 2 aliphatic heterocycles. The third kappa shape index (κ3) is 4.93. The fraction of sp³-hybridized carbons (Fsp3) is 0.417. The quantitative estimate of drug-likeness (QED) is 0.802. The van der Waals surface area contributed by atoms with Crippen LogP contribution in [0.5, 0.6) is 11.5 Å². The summed E-state index contributed by atoms with van der Waals surface area (Å²) in [4.78, 5) is 29.0. The van der Waals surface area contributed by atoms with Gasteiger partial charge in [0.25, 0.3) is 0 Å². The molecule has 0 bridgehead atoms. The Morgan fingerprint density at radius 2 is 1.57 bits per heavy atom. The molecule has 6 nitrogen and oxygen atoms in total. The molecule has 0 radical (unpaired) electrons. The largest absolute Gasteiger partial charge is 0.457 e. The Morgan fingerprint density at radius 3 is 2.23 bits per heavy atom. The Balaban J connectivity index is 1.26. The van der Waals surface area contributed by atoms with Crippen LogP contribution in [0.2, 0.25) is 0 Å². The molecular formula is C24H29N3O3. The third-order valence-electron chi connectivity index (χ3n) is 5.86. The van der Waals surface area contributed by atoms with Gasteiger partial charge in [-0.3, -0.25) is 4.79 Å². The van der Waals surface area contributed by atoms with E-state index in [2.05, 4.69) is 5.32 Å². The van der Waals surface area contributed by atoms with E-state index >= 15 is 0 Å². The standard InChI is InChI=1S/C24H29N3O3/c1-18-5-4-6-22(17-18)30-21-9-7-20(8-10-21)25-23(28)19-11-15-27(16-12-19)24(29)26-13-2-3-14-26/h4-10,17,19H,2-3,11-16H2,1H3,(H,25,28). The number of ether oxygens (including phenoxy) is 1. The predicted octanol–water partition coefficient (Wildman–Crippen LogP) is 4.65. The van der Waals surface area contributed by atoms with Gasteiger partial charge in [-0.2, -0.15) is 0 Å². The van der Waals surface area contributed by atoms with E-state index < -0.39 is 0 Å². The van der Waals surface area contributed by atoms with Gasteiger partial charge in [-0.05, 0) is 74.6 Å². The van der Waals surface area contributed by atoms with Gasteiger partial charge in [-0.1, -0.05) is 12.1 Å². The number of carbonyl (C=O) groups excluding carboxylic acids is 2. The molecule has 0 spiro atoms. The van der Waals surface area contributed by atoms with Gasteiger partial charge >= 0.3 is 6.03 Å². The first-order valence-corrected chi connectivity index (χ1v) is 10.8. The highest BCUT2D eigenvalue weighted by Crippen LogP contribution is 2.25. The minimum atomic E-state index is -0.0594. The summed E-state index contributed by atoms with van der Waals surface area (Å²) in [6.45, 7) is 5.05. The molecule has 2 saturated heterocycles. The summed E-state index contributed by atoms with van der Waals surface area (Å²) >= 11 is 0. The van der Waals surface area contributed by atoms with Crippen molar-refractivity contribution in [3.63, 3.8) is 0 Å². The zero-order valence-corrected chi connectivity index (χ0v) is 17.5. The van der Waals surface area contributed by atoms with E-state index in [4.69, 9.17) is 4.74 Å². The fourth-order valence-corrected chi connectivity index (χ4v) is 4.11. The molecule has 4 rings (SSSR count). The number of nitrogens with one attached hydrogen (secondary N) is 1. The van der Waals surface area contributed by atoms with Gasteiger partial charge in [0.15, 0.2) is 0 Å². The lowest BCUT2D eigenvalue weighted by Gasteiger charge is -2.34. The first-order valence-electron chi connectivity index (χ1n) is 10.8. The van der Waals surface area contributed by atoms with Crippen molar-refractivity contribution in [3.8, 4) is 11.5 Å². The zero-order valence-electron chi connectivity index (χ0n) is 17.5. The molecule has 158 valence electrons. The maximum absolute atomic E-state index is 12.7. The summed E-state index contributed by atoms with van der Waals surface area (Å²) in [7, 11) is 0. The Kier molecular flexibility index (Phi) is 6.21. The smallest absolute Gasteiger partial charge is 0.319 e. The maximum Gasteiger partial charge on any atom is 0.319 e. The lowest BCUT2D eigenvalue weighted by atomic mass is 9.96. The van der Waals surface area contributed by atoms with Crippen molar-refractivity contribution in [2.45, 2.75) is 32.6 Å². The molecule has 2 heterocycles. The molecule has 0 aromatic heterocycles. The highest BCUT2D eigenvalue weighted by Gasteiger charge is 2.30. The lowest BCUT2D eigenvalue weighted by Crippen LogP contribution is -2.47. The first kappa shape index (κ1) is 20.3. The molecule has 3 amide bonds. The van der Waals surface area contributed by atoms with Crippen molar-refractivity contribution in [3.05, 3.63) is 54.1 Å². The molecule has 2 aromatic rings. The molecule has 2 fully saturated rings. The van der Waals surface area contributed by atoms with Crippen LogP contribution in [-0.4, -0.2) is 47.9 Å². The SMILES string of the molecule is Cc1cccc(Oc2ccc(NC(=O)C3CCN(C(=O)N4CCCC4)CC3)cc2)c1. The van der Waals surface area contributed by atoms with Gasteiger partial charge in [0, 0.05) is 37.8 Å². The van der Waals surface area contributed by atoms with Crippen molar-refractivity contribution in [2.24, 2.45) is 5.92 Å². The highest BCUT2D eigenvalue weighted by atomic mass is 16.5. The monoisotopic (exact) mass is 407 g/mol. The van der Waals surface area contributed by atoms with E-state index in [0.717, 1.165) is 48.7 Å². The van der Waals surface area contributed by atoms with Gasteiger partial charge in [0.2, 0.25) is 5.91 Å². The number of piperidine rings is 1. The molecule has 0 atom stereocenters. The molecule has 2 aliphatic rings. The molecule has 0 saturated carbocycles. The van der Waals surface area contributed by atoms with Crippen molar-refractivity contribution < 1.29 is 14.3 Å². The number of hydrogen-bond donors (Lipinski definition) is 1. The second-order valence-electron chi connectivity index (χ2n) is 8.17. The fourth-order valence-electron chi connectivity index (χ4n) is 4.11. The number of aryl methyl sites for hydroxylation is 1. The average Bonchev–Trinajstić information content (AvgIpc) is 3.30. The summed E-state index contributed by atoms with van der Waals surface area (Å²) in [6.07, 6.45) is 3.61. The van der Waals surface area contributed by atoms with Gasteiger partial charge < -0.3 is 19.9 Å². The molecule has 1 N–H and O–H groups in total. The van der Waals surface area contributed by atoms with Crippen LogP contribution in [0.4, 0.5) is 10.5 Å². The number of carbonyl (C=O) groups is 2. The second-order valence-corrected chi connectivity index (χ2v) is 8.17. The van der Waals surface area contributed by atoms with E-state index in [1.807, 2.05) is 65.3 Å². The Morgan fingerprint density at radius 1 is 0.900 bits per heavy atom. The summed E-state index contributed by atoms with van der Waals surface area (Å²) in [5, 5.41) is 3.00. The Hall–Kier alpha value is -3.02. The number of amides is 3. The van der Waals surface area contributed by atoms with E-state index in [9.17, 15) is 9.59 Å². The van der Waals surface area contributed by atoms with Gasteiger partial charge in [-0.25, -0.2) is 4.79 Å². The van der Waals surface area contributed by atoms with Gasteiger partial charge in [-0.15, -0.1) is 0 Å². The number of anilines is 1. The second kappa shape index (κ2) is 9.20. The molecule has 6 heteroatoms. The zero-order chi connectivity index (χ0) is 20.9. The third-order valence-corrected chi connectivity index (χ3v) is 5.86. The lowest BCUT2D eigenvalue weighted by molar-refractivity contribution is -0.121. The van der Waals surface area contributed by atoms with Crippen LogP contribution in [0.25, 0.3) is 0 Å². The molecule has 2 aromatic carbocycles. The van der Waals surface area contributed by atoms with E-state index in [-0.39, 0.29) is 17.9 Å². The topological polar surface area (TPSA) is 61.9 Å². The van der Waals surface area contributed by atoms with Crippen molar-refractivity contribution >= 4 is 17.6 Å². The summed E-state index contributed by atoms with van der Waals surface area (Å²) < 4.78 is 5.86. The van der Waals surface area contributed by atoms with Crippen molar-refractivity contribution in [1.29, 1.82) is 0 Å². The minimum absolute atomic E-state index is 0.0237. The van der Waals surface area contributed by atoms with E-state index in [1.165, 1.54) is 0 Å². The van der Waals surface area contributed by atoms with Crippen LogP contribution in [0, 0.1) is 12.8 Å². The summed E-state index contributed by atoms with van der Waals surface area (Å²) in [6, 6.07) is 15.5. The number of likely N-dealkylation sites (tertiary alicyclic amines) is 2. The minimum Gasteiger partial charge on any atom is -0.457 e. The summed E-state index contributed by atoms with van der Waals surface area (Å²) in [5.41, 5.74) is 1.90.